The maximum Gasteiger partial charge on any atom is 0.0812 e. The predicted octanol–water partition coefficient (Wildman–Crippen LogP) is 3.13. The van der Waals surface area contributed by atoms with E-state index in [2.05, 4.69) is 38.8 Å². The maximum absolute atomic E-state index is 4.11. The van der Waals surface area contributed by atoms with Gasteiger partial charge >= 0.3 is 0 Å². The molecule has 0 saturated carbocycles. The number of thioether (sulfide) groups is 1. The van der Waals surface area contributed by atoms with Crippen LogP contribution >= 0.6 is 34.4 Å². The average molecular weight is 304 g/mol. The molecular weight excluding hydrogens is 295 g/mol. The van der Waals surface area contributed by atoms with Gasteiger partial charge in [0.1, 0.15) is 0 Å². The highest BCUT2D eigenvalue weighted by molar-refractivity contribution is 14.1. The molecular formula is C9H9IN2S. The van der Waals surface area contributed by atoms with Gasteiger partial charge in [0.25, 0.3) is 0 Å². The van der Waals surface area contributed by atoms with Gasteiger partial charge in [0.2, 0.25) is 0 Å². The van der Waals surface area contributed by atoms with E-state index in [9.17, 15) is 0 Å². The van der Waals surface area contributed by atoms with Crippen LogP contribution in [0.25, 0.3) is 6.08 Å². The first-order chi connectivity index (χ1) is 6.33. The van der Waals surface area contributed by atoms with Gasteiger partial charge in [-0.1, -0.05) is 6.08 Å². The molecule has 0 aliphatic rings. The molecule has 0 fully saturated rings. The van der Waals surface area contributed by atoms with Crippen LogP contribution in [0.15, 0.2) is 33.7 Å². The lowest BCUT2D eigenvalue weighted by Crippen LogP contribution is -1.79. The highest BCUT2D eigenvalue weighted by atomic mass is 127. The van der Waals surface area contributed by atoms with E-state index in [0.29, 0.717) is 0 Å². The first-order valence-corrected chi connectivity index (χ1v) is 5.97. The van der Waals surface area contributed by atoms with Crippen LogP contribution in [0, 0.1) is 0 Å². The van der Waals surface area contributed by atoms with Gasteiger partial charge in [0, 0.05) is 15.3 Å². The van der Waals surface area contributed by atoms with Crippen LogP contribution in [-0.4, -0.2) is 16.2 Å². The van der Waals surface area contributed by atoms with E-state index in [1.165, 1.54) is 2.91 Å². The van der Waals surface area contributed by atoms with Crippen molar-refractivity contribution in [1.29, 1.82) is 0 Å². The molecule has 0 aliphatic heterocycles. The van der Waals surface area contributed by atoms with Crippen molar-refractivity contribution in [1.82, 2.24) is 9.97 Å². The zero-order valence-corrected chi connectivity index (χ0v) is 10.1. The zero-order valence-electron chi connectivity index (χ0n) is 7.14. The highest BCUT2D eigenvalue weighted by Gasteiger charge is 1.84. The highest BCUT2D eigenvalue weighted by Crippen LogP contribution is 2.19. The molecule has 0 spiro atoms. The number of hydrogen-bond acceptors (Lipinski definition) is 3. The Labute approximate surface area is 95.7 Å². The van der Waals surface area contributed by atoms with E-state index in [4.69, 9.17) is 0 Å². The molecule has 1 heterocycles. The van der Waals surface area contributed by atoms with E-state index in [1.54, 1.807) is 30.4 Å². The summed E-state index contributed by atoms with van der Waals surface area (Å²) in [5.74, 6) is 0. The maximum atomic E-state index is 4.11. The van der Waals surface area contributed by atoms with Crippen LogP contribution in [0.3, 0.4) is 0 Å². The number of aromatic nitrogens is 2. The molecule has 0 amide bonds. The van der Waals surface area contributed by atoms with Crippen molar-refractivity contribution >= 4 is 40.4 Å². The molecule has 0 bridgehead atoms. The molecule has 4 heteroatoms. The largest absolute Gasteiger partial charge is 0.261 e. The monoisotopic (exact) mass is 304 g/mol. The van der Waals surface area contributed by atoms with Gasteiger partial charge in [-0.2, -0.15) is 0 Å². The van der Waals surface area contributed by atoms with Gasteiger partial charge in [0.15, 0.2) is 0 Å². The van der Waals surface area contributed by atoms with Crippen LogP contribution in [-0.2, 0) is 0 Å². The van der Waals surface area contributed by atoms with E-state index in [-0.39, 0.29) is 0 Å². The lowest BCUT2D eigenvalue weighted by molar-refractivity contribution is 1.18. The molecule has 0 unspecified atom stereocenters. The minimum Gasteiger partial charge on any atom is -0.261 e. The summed E-state index contributed by atoms with van der Waals surface area (Å²) >= 11 is 4.01. The summed E-state index contributed by atoms with van der Waals surface area (Å²) in [5.41, 5.74) is 0.879. The van der Waals surface area contributed by atoms with E-state index in [0.717, 1.165) is 5.69 Å². The second-order valence-electron chi connectivity index (χ2n) is 2.16. The number of hydrogen-bond donors (Lipinski definition) is 0. The third kappa shape index (κ3) is 4.42. The molecule has 13 heavy (non-hydrogen) atoms. The van der Waals surface area contributed by atoms with Crippen LogP contribution in [0.4, 0.5) is 0 Å². The number of allylic oxidation sites excluding steroid dienone is 2. The van der Waals surface area contributed by atoms with Crippen LogP contribution in [0.1, 0.15) is 5.69 Å². The number of rotatable bonds is 3. The molecule has 1 rings (SSSR count). The summed E-state index contributed by atoms with van der Waals surface area (Å²) in [6.45, 7) is 0. The standard InChI is InChI=1S/C9H9IN2S/c1-13-9(10)4-2-3-8-7-11-5-6-12-8/h2-7H,1H3/b3-2+,9-4-. The SMILES string of the molecule is CS/C(I)=C\C=C\c1cnccn1. The molecule has 1 aromatic rings. The Bertz CT molecular complexity index is 309. The molecule has 68 valence electrons. The lowest BCUT2D eigenvalue weighted by atomic mass is 10.4. The Hall–Kier alpha value is -0.360. The van der Waals surface area contributed by atoms with Gasteiger partial charge in [-0.3, -0.25) is 9.97 Å². The van der Waals surface area contributed by atoms with Crippen molar-refractivity contribution in [3.05, 3.63) is 39.3 Å². The minimum atomic E-state index is 0.879. The molecule has 0 aromatic carbocycles. The second kappa shape index (κ2) is 6.15. The second-order valence-corrected chi connectivity index (χ2v) is 4.91. The number of halogens is 1. The van der Waals surface area contributed by atoms with Crippen molar-refractivity contribution in [3.8, 4) is 0 Å². The first kappa shape index (κ1) is 10.7. The van der Waals surface area contributed by atoms with Crippen molar-refractivity contribution in [2.24, 2.45) is 0 Å². The Morgan fingerprint density at radius 3 is 3.00 bits per heavy atom. The fraction of sp³-hybridized carbons (Fsp3) is 0.111. The summed E-state index contributed by atoms with van der Waals surface area (Å²) in [4.78, 5) is 8.07. The molecule has 0 N–H and O–H groups in total. The third-order valence-corrected chi connectivity index (χ3v) is 3.48. The summed E-state index contributed by atoms with van der Waals surface area (Å²) in [5, 5.41) is 0. The van der Waals surface area contributed by atoms with Gasteiger partial charge < -0.3 is 0 Å². The Morgan fingerprint density at radius 1 is 1.54 bits per heavy atom. The normalized spacial score (nSPS) is 12.3. The van der Waals surface area contributed by atoms with Crippen molar-refractivity contribution in [2.75, 3.05) is 6.26 Å². The number of nitrogens with zero attached hydrogens (tertiary/aromatic N) is 2. The van der Waals surface area contributed by atoms with E-state index in [1.807, 2.05) is 18.2 Å². The van der Waals surface area contributed by atoms with Crippen LogP contribution in [0.2, 0.25) is 0 Å². The fourth-order valence-corrected chi connectivity index (χ4v) is 1.11. The van der Waals surface area contributed by atoms with Gasteiger partial charge in [0.05, 0.1) is 11.9 Å². The molecule has 2 nitrogen and oxygen atoms in total. The van der Waals surface area contributed by atoms with Crippen molar-refractivity contribution in [2.45, 2.75) is 0 Å². The van der Waals surface area contributed by atoms with E-state index < -0.39 is 0 Å². The van der Waals surface area contributed by atoms with Gasteiger partial charge in [-0.15, -0.1) is 11.8 Å². The van der Waals surface area contributed by atoms with Crippen LogP contribution in [0.5, 0.6) is 0 Å². The molecule has 0 aliphatic carbocycles. The molecule has 1 aromatic heterocycles. The zero-order chi connectivity index (χ0) is 9.52. The quantitative estimate of drug-likeness (QED) is 0.634. The molecule has 0 radical (unpaired) electrons. The van der Waals surface area contributed by atoms with Crippen molar-refractivity contribution in [3.63, 3.8) is 0 Å². The summed E-state index contributed by atoms with van der Waals surface area (Å²) in [6.07, 6.45) is 13.1. The molecule has 0 atom stereocenters. The third-order valence-electron chi connectivity index (χ3n) is 1.27. The minimum absolute atomic E-state index is 0.879. The Morgan fingerprint density at radius 2 is 2.38 bits per heavy atom. The smallest absolute Gasteiger partial charge is 0.0812 e. The lowest BCUT2D eigenvalue weighted by Gasteiger charge is -1.88. The van der Waals surface area contributed by atoms with Gasteiger partial charge in [-0.05, 0) is 41.0 Å². The average Bonchev–Trinajstić information content (AvgIpc) is 2.19. The summed E-state index contributed by atoms with van der Waals surface area (Å²) in [6, 6.07) is 0. The van der Waals surface area contributed by atoms with Crippen LogP contribution < -0.4 is 0 Å². The first-order valence-electron chi connectivity index (χ1n) is 3.67. The predicted molar refractivity (Wildman–Crippen MR) is 66.7 cm³/mol. The summed E-state index contributed by atoms with van der Waals surface area (Å²) in [7, 11) is 0. The Balaban J connectivity index is 2.60. The fourth-order valence-electron chi connectivity index (χ4n) is 0.687. The van der Waals surface area contributed by atoms with Crippen molar-refractivity contribution < 1.29 is 0 Å². The Kier molecular flexibility index (Phi) is 5.07. The summed E-state index contributed by atoms with van der Waals surface area (Å²) < 4.78 is 1.25. The van der Waals surface area contributed by atoms with E-state index >= 15 is 0 Å². The molecule has 0 saturated heterocycles. The topological polar surface area (TPSA) is 25.8 Å². The van der Waals surface area contributed by atoms with Gasteiger partial charge in [-0.25, -0.2) is 0 Å².